The number of rotatable bonds is 2. The molecule has 0 radical (unpaired) electrons. The minimum absolute atomic E-state index is 0.856. The van der Waals surface area contributed by atoms with Crippen LogP contribution in [0.2, 0.25) is 0 Å². The van der Waals surface area contributed by atoms with Gasteiger partial charge in [0.05, 0.1) is 0 Å². The van der Waals surface area contributed by atoms with Crippen LogP contribution < -0.4 is 5.32 Å². The Labute approximate surface area is 98.4 Å². The summed E-state index contributed by atoms with van der Waals surface area (Å²) in [5, 5.41) is 2.90. The Morgan fingerprint density at radius 2 is 1.94 bits per heavy atom. The van der Waals surface area contributed by atoms with Crippen LogP contribution in [0.15, 0.2) is 60.1 Å². The van der Waals surface area contributed by atoms with Gasteiger partial charge in [-0.05, 0) is 13.0 Å². The SMILES string of the molecule is C=C/C=C\C(=NC)NC.Cc1ccccc1. The van der Waals surface area contributed by atoms with Crippen molar-refractivity contribution < 1.29 is 0 Å². The average molecular weight is 216 g/mol. The molecule has 1 aromatic rings. The summed E-state index contributed by atoms with van der Waals surface area (Å²) in [7, 11) is 3.56. The van der Waals surface area contributed by atoms with E-state index in [9.17, 15) is 0 Å². The summed E-state index contributed by atoms with van der Waals surface area (Å²) in [5.41, 5.74) is 1.32. The molecule has 2 nitrogen and oxygen atoms in total. The number of aliphatic imine (C=N–C) groups is 1. The van der Waals surface area contributed by atoms with E-state index in [4.69, 9.17) is 0 Å². The van der Waals surface area contributed by atoms with E-state index in [0.717, 1.165) is 5.84 Å². The molecule has 1 rings (SSSR count). The molecule has 2 heteroatoms. The third-order valence-electron chi connectivity index (χ3n) is 1.83. The van der Waals surface area contributed by atoms with Gasteiger partial charge in [0.25, 0.3) is 0 Å². The van der Waals surface area contributed by atoms with E-state index >= 15 is 0 Å². The maximum atomic E-state index is 3.92. The smallest absolute Gasteiger partial charge is 0.120 e. The second-order valence-corrected chi connectivity index (χ2v) is 3.11. The van der Waals surface area contributed by atoms with Gasteiger partial charge in [0.1, 0.15) is 5.84 Å². The first-order valence-corrected chi connectivity index (χ1v) is 5.20. The topological polar surface area (TPSA) is 24.4 Å². The highest BCUT2D eigenvalue weighted by Crippen LogP contribution is 1.92. The lowest BCUT2D eigenvalue weighted by atomic mass is 10.2. The average Bonchev–Trinajstić information content (AvgIpc) is 2.32. The molecule has 0 heterocycles. The molecular formula is C14H20N2. The van der Waals surface area contributed by atoms with Crippen LogP contribution in [0.1, 0.15) is 5.56 Å². The van der Waals surface area contributed by atoms with Crippen LogP contribution in [0, 0.1) is 6.92 Å². The summed E-state index contributed by atoms with van der Waals surface area (Å²) >= 11 is 0. The predicted octanol–water partition coefficient (Wildman–Crippen LogP) is 2.97. The monoisotopic (exact) mass is 216 g/mol. The van der Waals surface area contributed by atoms with E-state index in [0.29, 0.717) is 0 Å². The van der Waals surface area contributed by atoms with Gasteiger partial charge in [0.2, 0.25) is 0 Å². The molecule has 0 aromatic heterocycles. The molecule has 0 saturated heterocycles. The molecule has 0 aliphatic carbocycles. The molecule has 1 aromatic carbocycles. The number of nitrogens with one attached hydrogen (secondary N) is 1. The Morgan fingerprint density at radius 1 is 1.31 bits per heavy atom. The van der Waals surface area contributed by atoms with E-state index in [1.807, 2.05) is 37.4 Å². The Hall–Kier alpha value is -1.83. The summed E-state index contributed by atoms with van der Waals surface area (Å²) < 4.78 is 0. The van der Waals surface area contributed by atoms with E-state index < -0.39 is 0 Å². The molecule has 0 aliphatic heterocycles. The number of aryl methyl sites for hydroxylation is 1. The minimum Gasteiger partial charge on any atom is -0.373 e. The normalized spacial score (nSPS) is 10.6. The van der Waals surface area contributed by atoms with Crippen molar-refractivity contribution in [2.45, 2.75) is 6.92 Å². The Kier molecular flexibility index (Phi) is 8.60. The van der Waals surface area contributed by atoms with Crippen LogP contribution in [0.5, 0.6) is 0 Å². The Balaban J connectivity index is 0.000000288. The predicted molar refractivity (Wildman–Crippen MR) is 72.9 cm³/mol. The Morgan fingerprint density at radius 3 is 2.25 bits per heavy atom. The number of allylic oxidation sites excluding steroid dienone is 2. The van der Waals surface area contributed by atoms with Gasteiger partial charge in [-0.25, -0.2) is 0 Å². The van der Waals surface area contributed by atoms with Crippen LogP contribution in [0.25, 0.3) is 0 Å². The summed E-state index contributed by atoms with van der Waals surface area (Å²) in [6.07, 6.45) is 5.40. The largest absolute Gasteiger partial charge is 0.373 e. The molecule has 0 bridgehead atoms. The molecule has 0 unspecified atom stereocenters. The molecule has 16 heavy (non-hydrogen) atoms. The number of likely N-dealkylation sites (N-methyl/N-ethyl adjacent to an activating group) is 1. The fourth-order valence-corrected chi connectivity index (χ4v) is 0.963. The highest BCUT2D eigenvalue weighted by Gasteiger charge is 1.80. The standard InChI is InChI=1S/C7H12N2.C7H8/c1-4-5-6-7(8-2)9-3;1-7-5-3-2-4-6-7/h4-6H,1H2,2-3H3,(H,8,9);2-6H,1H3/b6-5-;. The number of nitrogens with zero attached hydrogens (tertiary/aromatic N) is 1. The number of hydrogen-bond acceptors (Lipinski definition) is 1. The van der Waals surface area contributed by atoms with Crippen molar-refractivity contribution in [3.05, 3.63) is 60.7 Å². The van der Waals surface area contributed by atoms with Crippen molar-refractivity contribution in [2.24, 2.45) is 4.99 Å². The zero-order valence-electron chi connectivity index (χ0n) is 10.3. The fraction of sp³-hybridized carbons (Fsp3) is 0.214. The maximum absolute atomic E-state index is 3.92. The van der Waals surface area contributed by atoms with Gasteiger partial charge in [-0.3, -0.25) is 4.99 Å². The van der Waals surface area contributed by atoms with Gasteiger partial charge in [0.15, 0.2) is 0 Å². The van der Waals surface area contributed by atoms with Gasteiger partial charge in [0, 0.05) is 14.1 Å². The third-order valence-corrected chi connectivity index (χ3v) is 1.83. The van der Waals surface area contributed by atoms with Gasteiger partial charge in [-0.15, -0.1) is 0 Å². The highest BCUT2D eigenvalue weighted by molar-refractivity contribution is 5.92. The molecule has 0 spiro atoms. The van der Waals surface area contributed by atoms with E-state index in [1.54, 1.807) is 13.1 Å². The van der Waals surface area contributed by atoms with Crippen molar-refractivity contribution in [3.63, 3.8) is 0 Å². The van der Waals surface area contributed by atoms with Gasteiger partial charge < -0.3 is 5.32 Å². The molecule has 1 N–H and O–H groups in total. The van der Waals surface area contributed by atoms with Crippen molar-refractivity contribution in [1.29, 1.82) is 0 Å². The lowest BCUT2D eigenvalue weighted by Crippen LogP contribution is -2.14. The van der Waals surface area contributed by atoms with E-state index in [-0.39, 0.29) is 0 Å². The summed E-state index contributed by atoms with van der Waals surface area (Å²) in [4.78, 5) is 3.92. The van der Waals surface area contributed by atoms with Crippen LogP contribution in [-0.4, -0.2) is 19.9 Å². The number of hydrogen-bond donors (Lipinski definition) is 1. The van der Waals surface area contributed by atoms with Crippen molar-refractivity contribution >= 4 is 5.84 Å². The molecule has 0 aliphatic rings. The summed E-state index contributed by atoms with van der Waals surface area (Å²) in [6, 6.07) is 10.3. The van der Waals surface area contributed by atoms with Gasteiger partial charge >= 0.3 is 0 Å². The zero-order valence-corrected chi connectivity index (χ0v) is 10.3. The van der Waals surface area contributed by atoms with Crippen molar-refractivity contribution in [3.8, 4) is 0 Å². The van der Waals surface area contributed by atoms with Crippen molar-refractivity contribution in [1.82, 2.24) is 5.32 Å². The second kappa shape index (κ2) is 9.71. The first-order chi connectivity index (χ1) is 7.74. The highest BCUT2D eigenvalue weighted by atomic mass is 14.9. The molecular weight excluding hydrogens is 196 g/mol. The van der Waals surface area contributed by atoms with Crippen LogP contribution >= 0.6 is 0 Å². The first-order valence-electron chi connectivity index (χ1n) is 5.20. The second-order valence-electron chi connectivity index (χ2n) is 3.11. The molecule has 0 amide bonds. The summed E-state index contributed by atoms with van der Waals surface area (Å²) in [6.45, 7) is 5.61. The van der Waals surface area contributed by atoms with Crippen LogP contribution in [0.4, 0.5) is 0 Å². The quantitative estimate of drug-likeness (QED) is 0.459. The van der Waals surface area contributed by atoms with Gasteiger partial charge in [-0.1, -0.05) is 54.6 Å². The first kappa shape index (κ1) is 14.2. The molecule has 86 valence electrons. The summed E-state index contributed by atoms with van der Waals surface area (Å²) in [5.74, 6) is 0.856. The van der Waals surface area contributed by atoms with E-state index in [2.05, 4.69) is 35.9 Å². The molecule has 0 atom stereocenters. The van der Waals surface area contributed by atoms with E-state index in [1.165, 1.54) is 5.56 Å². The molecule has 0 fully saturated rings. The van der Waals surface area contributed by atoms with Crippen LogP contribution in [0.3, 0.4) is 0 Å². The van der Waals surface area contributed by atoms with Crippen LogP contribution in [-0.2, 0) is 0 Å². The number of benzene rings is 1. The lowest BCUT2D eigenvalue weighted by molar-refractivity contribution is 1.16. The minimum atomic E-state index is 0.856. The Bertz CT molecular complexity index is 337. The van der Waals surface area contributed by atoms with Gasteiger partial charge in [-0.2, -0.15) is 0 Å². The maximum Gasteiger partial charge on any atom is 0.120 e. The lowest BCUT2D eigenvalue weighted by Gasteiger charge is -1.93. The molecule has 0 saturated carbocycles. The third kappa shape index (κ3) is 7.56. The fourth-order valence-electron chi connectivity index (χ4n) is 0.963. The zero-order chi connectivity index (χ0) is 12.2. The number of amidine groups is 1. The van der Waals surface area contributed by atoms with Crippen molar-refractivity contribution in [2.75, 3.05) is 14.1 Å².